The van der Waals surface area contributed by atoms with Crippen LogP contribution in [0.5, 0.6) is 0 Å². The number of carbonyl (C=O) groups excluding carboxylic acids is 1. The highest BCUT2D eigenvalue weighted by atomic mass is 19.1. The molecule has 160 valence electrons. The summed E-state index contributed by atoms with van der Waals surface area (Å²) in [5.74, 6) is -0.297. The van der Waals surface area contributed by atoms with Crippen LogP contribution in [0.25, 0.3) is 11.3 Å². The van der Waals surface area contributed by atoms with Crippen molar-refractivity contribution in [2.45, 2.75) is 26.8 Å². The number of rotatable bonds is 6. The van der Waals surface area contributed by atoms with Crippen molar-refractivity contribution in [1.29, 1.82) is 0 Å². The van der Waals surface area contributed by atoms with E-state index in [0.717, 1.165) is 36.3 Å². The Morgan fingerprint density at radius 3 is 2.65 bits per heavy atom. The number of carbonyl (C=O) groups is 1. The fourth-order valence-corrected chi connectivity index (χ4v) is 3.68. The minimum Gasteiger partial charge on any atom is -0.351 e. The van der Waals surface area contributed by atoms with Crippen molar-refractivity contribution in [2.24, 2.45) is 0 Å². The zero-order valence-corrected chi connectivity index (χ0v) is 17.9. The largest absolute Gasteiger partial charge is 0.351 e. The second-order valence-electron chi connectivity index (χ2n) is 8.06. The van der Waals surface area contributed by atoms with E-state index in [9.17, 15) is 9.18 Å². The maximum atomic E-state index is 13.0. The number of hydrogen-bond acceptors (Lipinski definition) is 3. The van der Waals surface area contributed by atoms with Gasteiger partial charge in [0.2, 0.25) is 5.91 Å². The summed E-state index contributed by atoms with van der Waals surface area (Å²) in [6.45, 7) is 6.53. The van der Waals surface area contributed by atoms with Crippen molar-refractivity contribution in [3.05, 3.63) is 89.0 Å². The molecule has 1 amide bonds. The summed E-state index contributed by atoms with van der Waals surface area (Å²) in [7, 11) is 0. The molecule has 0 atom stereocenters. The Bertz CT molecular complexity index is 1100. The van der Waals surface area contributed by atoms with Crippen LogP contribution in [0.15, 0.2) is 60.9 Å². The fraction of sp³-hybridized carbons (Fsp3) is 0.280. The van der Waals surface area contributed by atoms with Crippen LogP contribution in [0.3, 0.4) is 0 Å². The van der Waals surface area contributed by atoms with Crippen LogP contribution < -0.4 is 5.32 Å². The predicted octanol–water partition coefficient (Wildman–Crippen LogP) is 4.03. The maximum Gasteiger partial charge on any atom is 0.234 e. The van der Waals surface area contributed by atoms with E-state index in [4.69, 9.17) is 0 Å². The molecule has 31 heavy (non-hydrogen) atoms. The lowest BCUT2D eigenvalue weighted by molar-refractivity contribution is -0.122. The predicted molar refractivity (Wildman–Crippen MR) is 120 cm³/mol. The zero-order chi connectivity index (χ0) is 21.8. The number of aryl methyl sites for hydroxylation is 2. The van der Waals surface area contributed by atoms with Gasteiger partial charge in [0.25, 0.3) is 0 Å². The number of halogens is 1. The Kier molecular flexibility index (Phi) is 6.28. The monoisotopic (exact) mass is 418 g/mol. The maximum absolute atomic E-state index is 13.0. The first-order chi connectivity index (χ1) is 15.0. The SMILES string of the molecule is Cc1ccc(-n2cc(C3=CCN(CC(=O)NCc4ccc(F)cc4)CC3)cn2)cc1C. The zero-order valence-electron chi connectivity index (χ0n) is 17.9. The van der Waals surface area contributed by atoms with Crippen LogP contribution in [-0.4, -0.2) is 40.2 Å². The van der Waals surface area contributed by atoms with Crippen LogP contribution in [0.4, 0.5) is 4.39 Å². The Morgan fingerprint density at radius 2 is 1.94 bits per heavy atom. The third kappa shape index (κ3) is 5.27. The van der Waals surface area contributed by atoms with Gasteiger partial charge in [-0.1, -0.05) is 24.3 Å². The number of nitrogens with zero attached hydrogens (tertiary/aromatic N) is 3. The standard InChI is InChI=1S/C25H27FN4O/c1-18-3-8-24(13-19(18)2)30-16-22(15-28-30)21-9-11-29(12-10-21)17-25(31)27-14-20-4-6-23(26)7-5-20/h3-9,13,15-16H,10-12,14,17H2,1-2H3,(H,27,31). The van der Waals surface area contributed by atoms with Gasteiger partial charge in [0, 0.05) is 31.4 Å². The molecule has 3 aromatic rings. The minimum atomic E-state index is -0.273. The molecule has 0 aliphatic carbocycles. The van der Waals surface area contributed by atoms with Crippen LogP contribution >= 0.6 is 0 Å². The molecular formula is C25H27FN4O. The van der Waals surface area contributed by atoms with Gasteiger partial charge in [-0.3, -0.25) is 9.69 Å². The molecule has 1 N–H and O–H groups in total. The second-order valence-corrected chi connectivity index (χ2v) is 8.06. The minimum absolute atomic E-state index is 0.0243. The van der Waals surface area contributed by atoms with E-state index in [1.807, 2.05) is 10.9 Å². The summed E-state index contributed by atoms with van der Waals surface area (Å²) in [4.78, 5) is 14.4. The molecule has 0 fully saturated rings. The quantitative estimate of drug-likeness (QED) is 0.658. The van der Waals surface area contributed by atoms with Crippen molar-refractivity contribution in [3.63, 3.8) is 0 Å². The van der Waals surface area contributed by atoms with E-state index in [0.29, 0.717) is 13.1 Å². The molecule has 0 spiro atoms. The lowest BCUT2D eigenvalue weighted by Gasteiger charge is -2.25. The highest BCUT2D eigenvalue weighted by molar-refractivity contribution is 5.78. The Morgan fingerprint density at radius 1 is 1.13 bits per heavy atom. The van der Waals surface area contributed by atoms with Crippen LogP contribution in [-0.2, 0) is 11.3 Å². The molecule has 1 aliphatic heterocycles. The molecule has 0 saturated heterocycles. The molecule has 0 bridgehead atoms. The molecule has 0 saturated carbocycles. The van der Waals surface area contributed by atoms with Crippen molar-refractivity contribution >= 4 is 11.5 Å². The first kappa shape index (κ1) is 21.0. The number of nitrogens with one attached hydrogen (secondary N) is 1. The number of benzene rings is 2. The van der Waals surface area contributed by atoms with E-state index in [-0.39, 0.29) is 11.7 Å². The van der Waals surface area contributed by atoms with Crippen LogP contribution in [0, 0.1) is 19.7 Å². The normalized spacial score (nSPS) is 14.4. The molecule has 5 nitrogen and oxygen atoms in total. The molecule has 0 radical (unpaired) electrons. The van der Waals surface area contributed by atoms with Gasteiger partial charge in [-0.25, -0.2) is 9.07 Å². The average Bonchev–Trinajstić information content (AvgIpc) is 3.26. The summed E-state index contributed by atoms with van der Waals surface area (Å²) in [5.41, 5.74) is 6.85. The van der Waals surface area contributed by atoms with Crippen molar-refractivity contribution in [1.82, 2.24) is 20.0 Å². The smallest absolute Gasteiger partial charge is 0.234 e. The number of aromatic nitrogens is 2. The van der Waals surface area contributed by atoms with Crippen LogP contribution in [0.2, 0.25) is 0 Å². The van der Waals surface area contributed by atoms with Gasteiger partial charge in [0.1, 0.15) is 5.82 Å². The van der Waals surface area contributed by atoms with Gasteiger partial charge >= 0.3 is 0 Å². The summed E-state index contributed by atoms with van der Waals surface area (Å²) < 4.78 is 14.9. The summed E-state index contributed by atoms with van der Waals surface area (Å²) in [5, 5.41) is 7.43. The average molecular weight is 419 g/mol. The topological polar surface area (TPSA) is 50.2 Å². The molecule has 2 heterocycles. The summed E-state index contributed by atoms with van der Waals surface area (Å²) in [6, 6.07) is 12.5. The van der Waals surface area contributed by atoms with Gasteiger partial charge in [-0.15, -0.1) is 0 Å². The van der Waals surface area contributed by atoms with E-state index >= 15 is 0 Å². The highest BCUT2D eigenvalue weighted by Crippen LogP contribution is 2.23. The summed E-state index contributed by atoms with van der Waals surface area (Å²) >= 11 is 0. The van der Waals surface area contributed by atoms with E-state index in [2.05, 4.69) is 59.6 Å². The van der Waals surface area contributed by atoms with Crippen molar-refractivity contribution in [2.75, 3.05) is 19.6 Å². The lowest BCUT2D eigenvalue weighted by Crippen LogP contribution is -2.39. The molecule has 4 rings (SSSR count). The first-order valence-electron chi connectivity index (χ1n) is 10.5. The lowest BCUT2D eigenvalue weighted by atomic mass is 10.0. The molecule has 6 heteroatoms. The highest BCUT2D eigenvalue weighted by Gasteiger charge is 2.17. The Balaban J connectivity index is 1.31. The van der Waals surface area contributed by atoms with Gasteiger partial charge in [-0.05, 0) is 66.8 Å². The van der Waals surface area contributed by atoms with Crippen molar-refractivity contribution < 1.29 is 9.18 Å². The molecule has 1 aliphatic rings. The van der Waals surface area contributed by atoms with Gasteiger partial charge in [-0.2, -0.15) is 5.10 Å². The van der Waals surface area contributed by atoms with Crippen molar-refractivity contribution in [3.8, 4) is 5.69 Å². The fourth-order valence-electron chi connectivity index (χ4n) is 3.68. The number of amides is 1. The molecular weight excluding hydrogens is 391 g/mol. The summed E-state index contributed by atoms with van der Waals surface area (Å²) in [6.07, 6.45) is 7.04. The molecule has 1 aromatic heterocycles. The Hall–Kier alpha value is -3.25. The van der Waals surface area contributed by atoms with Gasteiger partial charge in [0.05, 0.1) is 18.4 Å². The second kappa shape index (κ2) is 9.27. The third-order valence-corrected chi connectivity index (χ3v) is 5.77. The van der Waals surface area contributed by atoms with Gasteiger partial charge < -0.3 is 5.32 Å². The van der Waals surface area contributed by atoms with Crippen LogP contribution in [0.1, 0.15) is 28.7 Å². The third-order valence-electron chi connectivity index (χ3n) is 5.77. The first-order valence-corrected chi connectivity index (χ1v) is 10.5. The van der Waals surface area contributed by atoms with E-state index in [1.165, 1.54) is 28.8 Å². The Labute approximate surface area is 182 Å². The van der Waals surface area contributed by atoms with E-state index < -0.39 is 0 Å². The molecule has 0 unspecified atom stereocenters. The molecule has 2 aromatic carbocycles. The van der Waals surface area contributed by atoms with E-state index in [1.54, 1.807) is 12.1 Å². The van der Waals surface area contributed by atoms with Gasteiger partial charge in [0.15, 0.2) is 0 Å². The number of hydrogen-bond donors (Lipinski definition) is 1.